The van der Waals surface area contributed by atoms with Crippen LogP contribution in [0.15, 0.2) is 18.2 Å². The fourth-order valence-electron chi connectivity index (χ4n) is 1.87. The van der Waals surface area contributed by atoms with E-state index in [1.807, 2.05) is 31.9 Å². The summed E-state index contributed by atoms with van der Waals surface area (Å²) < 4.78 is 5.49. The molecule has 0 unspecified atom stereocenters. The van der Waals surface area contributed by atoms with Gasteiger partial charge in [0, 0.05) is 6.54 Å². The zero-order chi connectivity index (χ0) is 12.8. The summed E-state index contributed by atoms with van der Waals surface area (Å²) >= 11 is 0. The van der Waals surface area contributed by atoms with Crippen LogP contribution >= 0.6 is 0 Å². The minimum atomic E-state index is 0.190. The van der Waals surface area contributed by atoms with E-state index in [9.17, 15) is 4.79 Å². The van der Waals surface area contributed by atoms with Gasteiger partial charge in [0.1, 0.15) is 11.5 Å². The van der Waals surface area contributed by atoms with Crippen LogP contribution in [0.4, 0.5) is 0 Å². The van der Waals surface area contributed by atoms with E-state index in [0.717, 1.165) is 17.9 Å². The van der Waals surface area contributed by atoms with Crippen LogP contribution in [0.1, 0.15) is 25.0 Å². The van der Waals surface area contributed by atoms with Gasteiger partial charge in [0.15, 0.2) is 0 Å². The third kappa shape index (κ3) is 4.57. The van der Waals surface area contributed by atoms with E-state index < -0.39 is 0 Å². The van der Waals surface area contributed by atoms with Crippen LogP contribution < -0.4 is 4.74 Å². The molecular formula is C14H21NO2. The highest BCUT2D eigenvalue weighted by atomic mass is 16.5. The number of likely N-dealkylation sites (N-methyl/N-ethyl adjacent to an activating group) is 1. The summed E-state index contributed by atoms with van der Waals surface area (Å²) in [5, 5.41) is 0. The lowest BCUT2D eigenvalue weighted by molar-refractivity contribution is -0.117. The van der Waals surface area contributed by atoms with E-state index in [-0.39, 0.29) is 5.78 Å². The number of rotatable bonds is 6. The molecule has 0 spiro atoms. The topological polar surface area (TPSA) is 29.5 Å². The van der Waals surface area contributed by atoms with Gasteiger partial charge in [-0.3, -0.25) is 9.69 Å². The van der Waals surface area contributed by atoms with Crippen molar-refractivity contribution in [2.45, 2.75) is 27.3 Å². The van der Waals surface area contributed by atoms with Gasteiger partial charge in [0.2, 0.25) is 0 Å². The predicted molar refractivity (Wildman–Crippen MR) is 69.4 cm³/mol. The summed E-state index contributed by atoms with van der Waals surface area (Å²) in [6, 6.07) is 6.16. The first-order valence-corrected chi connectivity index (χ1v) is 5.93. The Morgan fingerprint density at radius 3 is 2.65 bits per heavy atom. The van der Waals surface area contributed by atoms with Crippen molar-refractivity contribution in [3.8, 4) is 5.75 Å². The summed E-state index contributed by atoms with van der Waals surface area (Å²) in [6.45, 7) is 7.59. The van der Waals surface area contributed by atoms with Gasteiger partial charge in [-0.2, -0.15) is 0 Å². The maximum atomic E-state index is 11.0. The van der Waals surface area contributed by atoms with Crippen LogP contribution in [-0.2, 0) is 11.3 Å². The van der Waals surface area contributed by atoms with Crippen LogP contribution in [-0.4, -0.2) is 30.9 Å². The Bertz CT molecular complexity index is 388. The lowest BCUT2D eigenvalue weighted by atomic mass is 10.1. The normalized spacial score (nSPS) is 10.6. The first-order valence-electron chi connectivity index (χ1n) is 5.93. The van der Waals surface area contributed by atoms with E-state index in [0.29, 0.717) is 13.2 Å². The molecule has 0 N–H and O–H groups in total. The molecule has 0 aromatic heterocycles. The zero-order valence-corrected chi connectivity index (χ0v) is 11.1. The molecule has 0 radical (unpaired) electrons. The van der Waals surface area contributed by atoms with Crippen molar-refractivity contribution in [1.29, 1.82) is 0 Å². The van der Waals surface area contributed by atoms with Crippen molar-refractivity contribution in [2.24, 2.45) is 0 Å². The summed E-state index contributed by atoms with van der Waals surface area (Å²) in [4.78, 5) is 13.0. The van der Waals surface area contributed by atoms with E-state index in [2.05, 4.69) is 12.1 Å². The van der Waals surface area contributed by atoms with Crippen LogP contribution in [0.2, 0.25) is 0 Å². The van der Waals surface area contributed by atoms with Gasteiger partial charge in [-0.1, -0.05) is 12.1 Å². The lowest BCUT2D eigenvalue weighted by Crippen LogP contribution is -2.23. The van der Waals surface area contributed by atoms with Gasteiger partial charge in [-0.25, -0.2) is 0 Å². The van der Waals surface area contributed by atoms with E-state index in [4.69, 9.17) is 4.74 Å². The van der Waals surface area contributed by atoms with Crippen molar-refractivity contribution in [2.75, 3.05) is 20.2 Å². The Hall–Kier alpha value is -1.35. The van der Waals surface area contributed by atoms with Crippen LogP contribution in [0.5, 0.6) is 5.75 Å². The molecular weight excluding hydrogens is 214 g/mol. The maximum absolute atomic E-state index is 11.0. The van der Waals surface area contributed by atoms with Gasteiger partial charge in [0.25, 0.3) is 0 Å². The SMILES string of the molecule is CCOc1ccc(CN(C)CC(C)=O)cc1C. The highest BCUT2D eigenvalue weighted by molar-refractivity contribution is 5.77. The predicted octanol–water partition coefficient (Wildman–Crippen LogP) is 2.41. The Morgan fingerprint density at radius 1 is 1.41 bits per heavy atom. The average molecular weight is 235 g/mol. The van der Waals surface area contributed by atoms with Crippen LogP contribution in [0.25, 0.3) is 0 Å². The molecule has 0 aliphatic heterocycles. The van der Waals surface area contributed by atoms with Gasteiger partial charge >= 0.3 is 0 Å². The fourth-order valence-corrected chi connectivity index (χ4v) is 1.87. The Kier molecular flexibility index (Phi) is 5.16. The minimum absolute atomic E-state index is 0.190. The number of nitrogens with zero attached hydrogens (tertiary/aromatic N) is 1. The lowest BCUT2D eigenvalue weighted by Gasteiger charge is -2.16. The average Bonchev–Trinajstić information content (AvgIpc) is 2.21. The smallest absolute Gasteiger partial charge is 0.143 e. The maximum Gasteiger partial charge on any atom is 0.143 e. The molecule has 0 aliphatic rings. The molecule has 3 nitrogen and oxygen atoms in total. The monoisotopic (exact) mass is 235 g/mol. The number of carbonyl (C=O) groups is 1. The molecule has 1 aromatic rings. The molecule has 1 aromatic carbocycles. The van der Waals surface area contributed by atoms with Crippen molar-refractivity contribution in [3.63, 3.8) is 0 Å². The second kappa shape index (κ2) is 6.40. The number of ether oxygens (including phenoxy) is 1. The molecule has 0 bridgehead atoms. The molecule has 0 heterocycles. The van der Waals surface area contributed by atoms with Gasteiger partial charge in [-0.15, -0.1) is 0 Å². The van der Waals surface area contributed by atoms with Gasteiger partial charge < -0.3 is 4.74 Å². The van der Waals surface area contributed by atoms with Crippen molar-refractivity contribution in [1.82, 2.24) is 4.90 Å². The Labute approximate surface area is 103 Å². The van der Waals surface area contributed by atoms with E-state index >= 15 is 0 Å². The molecule has 17 heavy (non-hydrogen) atoms. The van der Waals surface area contributed by atoms with Gasteiger partial charge in [-0.05, 0) is 45.0 Å². The largest absolute Gasteiger partial charge is 0.494 e. The second-order valence-electron chi connectivity index (χ2n) is 4.41. The summed E-state index contributed by atoms with van der Waals surface area (Å²) in [7, 11) is 1.95. The summed E-state index contributed by atoms with van der Waals surface area (Å²) in [5.41, 5.74) is 2.34. The van der Waals surface area contributed by atoms with E-state index in [1.165, 1.54) is 5.56 Å². The number of benzene rings is 1. The number of Topliss-reactive ketones (excluding diaryl/α,β-unsaturated/α-hetero) is 1. The molecule has 0 saturated carbocycles. The third-order valence-corrected chi connectivity index (χ3v) is 2.48. The first kappa shape index (κ1) is 13.7. The molecule has 0 fully saturated rings. The minimum Gasteiger partial charge on any atom is -0.494 e. The summed E-state index contributed by atoms with van der Waals surface area (Å²) in [5.74, 6) is 1.13. The molecule has 0 amide bonds. The van der Waals surface area contributed by atoms with Crippen molar-refractivity contribution in [3.05, 3.63) is 29.3 Å². The second-order valence-corrected chi connectivity index (χ2v) is 4.41. The number of hydrogen-bond acceptors (Lipinski definition) is 3. The number of ketones is 1. The number of hydrogen-bond donors (Lipinski definition) is 0. The fraction of sp³-hybridized carbons (Fsp3) is 0.500. The van der Waals surface area contributed by atoms with Crippen molar-refractivity contribution < 1.29 is 9.53 Å². The quantitative estimate of drug-likeness (QED) is 0.758. The standard InChI is InChI=1S/C14H21NO2/c1-5-17-14-7-6-13(8-11(14)2)10-15(4)9-12(3)16/h6-8H,5,9-10H2,1-4H3. The Balaban J connectivity index is 2.66. The molecule has 0 aliphatic carbocycles. The van der Waals surface area contributed by atoms with Crippen LogP contribution in [0.3, 0.4) is 0 Å². The third-order valence-electron chi connectivity index (χ3n) is 2.48. The highest BCUT2D eigenvalue weighted by Gasteiger charge is 2.05. The van der Waals surface area contributed by atoms with E-state index in [1.54, 1.807) is 6.92 Å². The van der Waals surface area contributed by atoms with Crippen molar-refractivity contribution >= 4 is 5.78 Å². The molecule has 1 rings (SSSR count). The zero-order valence-electron chi connectivity index (χ0n) is 11.1. The number of carbonyl (C=O) groups excluding carboxylic acids is 1. The summed E-state index contributed by atoms with van der Waals surface area (Å²) in [6.07, 6.45) is 0. The van der Waals surface area contributed by atoms with Gasteiger partial charge in [0.05, 0.1) is 13.2 Å². The van der Waals surface area contributed by atoms with Crippen LogP contribution in [0, 0.1) is 6.92 Å². The molecule has 94 valence electrons. The highest BCUT2D eigenvalue weighted by Crippen LogP contribution is 2.19. The number of aryl methyl sites for hydroxylation is 1. The first-order chi connectivity index (χ1) is 8.02. The molecule has 0 saturated heterocycles. The Morgan fingerprint density at radius 2 is 2.12 bits per heavy atom. The molecule has 3 heteroatoms. The molecule has 0 atom stereocenters.